The van der Waals surface area contributed by atoms with Gasteiger partial charge in [-0.15, -0.1) is 0 Å². The number of hydrogen-bond acceptors (Lipinski definition) is 2. The van der Waals surface area contributed by atoms with Gasteiger partial charge in [0.15, 0.2) is 0 Å². The summed E-state index contributed by atoms with van der Waals surface area (Å²) in [5, 5.41) is 3.65. The van der Waals surface area contributed by atoms with Crippen LogP contribution in [0.5, 0.6) is 5.75 Å². The average molecular weight is 277 g/mol. The topological polar surface area (TPSA) is 21.3 Å². The third-order valence-electron chi connectivity index (χ3n) is 3.99. The Bertz CT molecular complexity index is 377. The molecule has 114 valence electrons. The van der Waals surface area contributed by atoms with Gasteiger partial charge in [0.1, 0.15) is 5.75 Å². The predicted octanol–water partition coefficient (Wildman–Crippen LogP) is 5.49. The Morgan fingerprint density at radius 2 is 1.80 bits per heavy atom. The quantitative estimate of drug-likeness (QED) is 0.644. The second-order valence-corrected chi connectivity index (χ2v) is 5.86. The van der Waals surface area contributed by atoms with Gasteiger partial charge >= 0.3 is 0 Å². The van der Waals surface area contributed by atoms with Gasteiger partial charge in [0.2, 0.25) is 0 Å². The van der Waals surface area contributed by atoms with Crippen molar-refractivity contribution in [1.82, 2.24) is 0 Å². The summed E-state index contributed by atoms with van der Waals surface area (Å²) >= 11 is 0. The maximum Gasteiger partial charge on any atom is 0.121 e. The van der Waals surface area contributed by atoms with E-state index in [-0.39, 0.29) is 6.10 Å². The van der Waals surface area contributed by atoms with Crippen molar-refractivity contribution in [3.8, 4) is 5.75 Å². The van der Waals surface area contributed by atoms with Crippen LogP contribution in [0.3, 0.4) is 0 Å². The van der Waals surface area contributed by atoms with Crippen molar-refractivity contribution >= 4 is 5.69 Å². The molecule has 0 saturated carbocycles. The van der Waals surface area contributed by atoms with Gasteiger partial charge in [-0.05, 0) is 44.2 Å². The molecule has 1 aromatic rings. The Morgan fingerprint density at radius 1 is 1.05 bits per heavy atom. The van der Waals surface area contributed by atoms with E-state index in [0.29, 0.717) is 6.04 Å². The minimum atomic E-state index is 0.271. The molecule has 0 spiro atoms. The standard InChI is InChI=1S/C18H31NO/c1-6-14(4)12-16(8-3)19-17-10-9-11-18(13-17)20-15(5)7-2/h9-11,13-16,19H,6-8,12H2,1-5H3. The van der Waals surface area contributed by atoms with Crippen LogP contribution in [-0.4, -0.2) is 12.1 Å². The zero-order chi connectivity index (χ0) is 15.0. The Morgan fingerprint density at radius 3 is 2.40 bits per heavy atom. The average Bonchev–Trinajstić information content (AvgIpc) is 2.46. The predicted molar refractivity (Wildman–Crippen MR) is 88.6 cm³/mol. The van der Waals surface area contributed by atoms with Crippen LogP contribution >= 0.6 is 0 Å². The number of anilines is 1. The van der Waals surface area contributed by atoms with Crippen LogP contribution in [0.2, 0.25) is 0 Å². The molecule has 0 amide bonds. The first-order valence-electron chi connectivity index (χ1n) is 8.12. The van der Waals surface area contributed by atoms with E-state index >= 15 is 0 Å². The van der Waals surface area contributed by atoms with Gasteiger partial charge < -0.3 is 10.1 Å². The molecule has 3 unspecified atom stereocenters. The third-order valence-corrected chi connectivity index (χ3v) is 3.99. The minimum Gasteiger partial charge on any atom is -0.491 e. The van der Waals surface area contributed by atoms with Crippen LogP contribution in [0, 0.1) is 5.92 Å². The maximum absolute atomic E-state index is 5.88. The Kier molecular flexibility index (Phi) is 7.50. The second-order valence-electron chi connectivity index (χ2n) is 5.86. The highest BCUT2D eigenvalue weighted by Crippen LogP contribution is 2.22. The summed E-state index contributed by atoms with van der Waals surface area (Å²) in [6.45, 7) is 11.1. The fourth-order valence-electron chi connectivity index (χ4n) is 2.19. The zero-order valence-corrected chi connectivity index (χ0v) is 13.8. The lowest BCUT2D eigenvalue weighted by Gasteiger charge is -2.22. The van der Waals surface area contributed by atoms with Crippen LogP contribution in [0.15, 0.2) is 24.3 Å². The smallest absolute Gasteiger partial charge is 0.121 e. The summed E-state index contributed by atoms with van der Waals surface area (Å²) in [6.07, 6.45) is 4.93. The van der Waals surface area contributed by atoms with Crippen molar-refractivity contribution in [2.24, 2.45) is 5.92 Å². The Balaban J connectivity index is 2.63. The van der Waals surface area contributed by atoms with Crippen LogP contribution in [0.4, 0.5) is 5.69 Å². The van der Waals surface area contributed by atoms with Crippen molar-refractivity contribution in [3.63, 3.8) is 0 Å². The SMILES string of the molecule is CCC(C)CC(CC)Nc1cccc(OC(C)CC)c1. The highest BCUT2D eigenvalue weighted by atomic mass is 16.5. The van der Waals surface area contributed by atoms with Gasteiger partial charge in [-0.2, -0.15) is 0 Å². The first-order valence-corrected chi connectivity index (χ1v) is 8.12. The number of nitrogens with one attached hydrogen (secondary N) is 1. The van der Waals surface area contributed by atoms with Gasteiger partial charge in [0.05, 0.1) is 6.10 Å². The molecule has 0 aliphatic carbocycles. The lowest BCUT2D eigenvalue weighted by atomic mass is 9.97. The molecule has 1 N–H and O–H groups in total. The highest BCUT2D eigenvalue weighted by Gasteiger charge is 2.11. The third kappa shape index (κ3) is 5.85. The molecule has 0 bridgehead atoms. The molecule has 1 aromatic carbocycles. The number of rotatable bonds is 9. The Labute approximate surface area is 124 Å². The monoisotopic (exact) mass is 277 g/mol. The molecule has 0 saturated heterocycles. The van der Waals surface area contributed by atoms with E-state index in [2.05, 4.69) is 58.1 Å². The van der Waals surface area contributed by atoms with Crippen LogP contribution < -0.4 is 10.1 Å². The molecular formula is C18H31NO. The number of benzene rings is 1. The largest absolute Gasteiger partial charge is 0.491 e. The molecule has 2 heteroatoms. The molecule has 0 heterocycles. The second kappa shape index (κ2) is 8.89. The first-order chi connectivity index (χ1) is 9.58. The molecule has 3 atom stereocenters. The normalized spacial score (nSPS) is 15.4. The van der Waals surface area contributed by atoms with Crippen molar-refractivity contribution in [3.05, 3.63) is 24.3 Å². The summed E-state index contributed by atoms with van der Waals surface area (Å²) in [7, 11) is 0. The van der Waals surface area contributed by atoms with Gasteiger partial charge in [0.25, 0.3) is 0 Å². The lowest BCUT2D eigenvalue weighted by Crippen LogP contribution is -2.21. The lowest BCUT2D eigenvalue weighted by molar-refractivity contribution is 0.217. The zero-order valence-electron chi connectivity index (χ0n) is 13.8. The number of hydrogen-bond donors (Lipinski definition) is 1. The first kappa shape index (κ1) is 16.9. The van der Waals surface area contributed by atoms with Crippen molar-refractivity contribution in [2.75, 3.05) is 5.32 Å². The highest BCUT2D eigenvalue weighted by molar-refractivity contribution is 5.48. The molecule has 0 fully saturated rings. The summed E-state index contributed by atoms with van der Waals surface area (Å²) in [5.41, 5.74) is 1.17. The van der Waals surface area contributed by atoms with Crippen molar-refractivity contribution in [2.45, 2.75) is 72.4 Å². The fraction of sp³-hybridized carbons (Fsp3) is 0.667. The molecule has 0 radical (unpaired) electrons. The molecule has 20 heavy (non-hydrogen) atoms. The fourth-order valence-corrected chi connectivity index (χ4v) is 2.19. The summed E-state index contributed by atoms with van der Waals surface area (Å²) in [4.78, 5) is 0. The molecular weight excluding hydrogens is 246 g/mol. The summed E-state index contributed by atoms with van der Waals surface area (Å²) in [6, 6.07) is 8.89. The van der Waals surface area contributed by atoms with E-state index in [0.717, 1.165) is 24.5 Å². The van der Waals surface area contributed by atoms with E-state index in [1.54, 1.807) is 0 Å². The summed E-state index contributed by atoms with van der Waals surface area (Å²) in [5.74, 6) is 1.73. The van der Waals surface area contributed by atoms with E-state index in [1.165, 1.54) is 18.5 Å². The minimum absolute atomic E-state index is 0.271. The maximum atomic E-state index is 5.88. The molecule has 2 nitrogen and oxygen atoms in total. The van der Waals surface area contributed by atoms with Gasteiger partial charge in [-0.3, -0.25) is 0 Å². The summed E-state index contributed by atoms with van der Waals surface area (Å²) < 4.78 is 5.88. The van der Waals surface area contributed by atoms with E-state index < -0.39 is 0 Å². The van der Waals surface area contributed by atoms with Gasteiger partial charge in [0, 0.05) is 17.8 Å². The van der Waals surface area contributed by atoms with E-state index in [1.807, 2.05) is 6.07 Å². The number of ether oxygens (including phenoxy) is 1. The van der Waals surface area contributed by atoms with Gasteiger partial charge in [-0.25, -0.2) is 0 Å². The Hall–Kier alpha value is -1.18. The van der Waals surface area contributed by atoms with E-state index in [4.69, 9.17) is 4.74 Å². The molecule has 1 rings (SSSR count). The van der Waals surface area contributed by atoms with Crippen molar-refractivity contribution < 1.29 is 4.74 Å². The van der Waals surface area contributed by atoms with Crippen LogP contribution in [0.1, 0.15) is 60.3 Å². The van der Waals surface area contributed by atoms with Crippen LogP contribution in [0.25, 0.3) is 0 Å². The van der Waals surface area contributed by atoms with Crippen LogP contribution in [-0.2, 0) is 0 Å². The van der Waals surface area contributed by atoms with Crippen molar-refractivity contribution in [1.29, 1.82) is 0 Å². The molecule has 0 aliphatic heterocycles. The molecule has 0 aromatic heterocycles. The van der Waals surface area contributed by atoms with E-state index in [9.17, 15) is 0 Å². The van der Waals surface area contributed by atoms with Gasteiger partial charge in [-0.1, -0.05) is 40.2 Å². The molecule has 0 aliphatic rings.